The monoisotopic (exact) mass is 252 g/mol. The summed E-state index contributed by atoms with van der Waals surface area (Å²) in [6.07, 6.45) is 9.14. The number of aliphatic imine (C=N–C) groups is 1. The highest BCUT2D eigenvalue weighted by Gasteiger charge is 2.13. The number of hydrogen-bond acceptors (Lipinski definition) is 3. The predicted octanol–water partition coefficient (Wildman–Crippen LogP) is 1.92. The Labute approximate surface area is 106 Å². The lowest BCUT2D eigenvalue weighted by molar-refractivity contribution is 0.412. The van der Waals surface area contributed by atoms with Crippen LogP contribution in [0.4, 0.5) is 0 Å². The summed E-state index contributed by atoms with van der Waals surface area (Å²) in [4.78, 5) is 8.56. The standard InChI is InChI=1S/C12H20N4S/c13-12(16-10-4-2-1-3-5-10)15-7-6-11-14-8-9-17-11/h8-10H,1-7H2,(H3,13,15,16). The Hall–Kier alpha value is -1.10. The van der Waals surface area contributed by atoms with Gasteiger partial charge in [-0.1, -0.05) is 19.3 Å². The van der Waals surface area contributed by atoms with E-state index in [-0.39, 0.29) is 0 Å². The van der Waals surface area contributed by atoms with E-state index in [0.717, 1.165) is 18.0 Å². The lowest BCUT2D eigenvalue weighted by atomic mass is 9.96. The van der Waals surface area contributed by atoms with Crippen molar-refractivity contribution in [3.8, 4) is 0 Å². The fraction of sp³-hybridized carbons (Fsp3) is 0.667. The zero-order valence-corrected chi connectivity index (χ0v) is 10.9. The van der Waals surface area contributed by atoms with E-state index < -0.39 is 0 Å². The SMILES string of the molecule is NC(=NCCc1nccs1)NC1CCCCC1. The van der Waals surface area contributed by atoms with Crippen LogP contribution in [0.5, 0.6) is 0 Å². The van der Waals surface area contributed by atoms with E-state index in [1.54, 1.807) is 11.3 Å². The zero-order valence-electron chi connectivity index (χ0n) is 10.1. The first-order valence-corrected chi connectivity index (χ1v) is 7.17. The van der Waals surface area contributed by atoms with Crippen molar-refractivity contribution in [3.05, 3.63) is 16.6 Å². The van der Waals surface area contributed by atoms with E-state index in [0.29, 0.717) is 12.0 Å². The largest absolute Gasteiger partial charge is 0.370 e. The van der Waals surface area contributed by atoms with E-state index >= 15 is 0 Å². The summed E-state index contributed by atoms with van der Waals surface area (Å²) in [5, 5.41) is 6.42. The number of hydrogen-bond donors (Lipinski definition) is 2. The number of aromatic nitrogens is 1. The van der Waals surface area contributed by atoms with Gasteiger partial charge in [-0.25, -0.2) is 4.98 Å². The van der Waals surface area contributed by atoms with E-state index in [1.807, 2.05) is 11.6 Å². The van der Waals surface area contributed by atoms with Crippen LogP contribution >= 0.6 is 11.3 Å². The molecule has 0 amide bonds. The molecule has 1 saturated carbocycles. The quantitative estimate of drug-likeness (QED) is 0.635. The number of guanidine groups is 1. The molecule has 0 saturated heterocycles. The summed E-state index contributed by atoms with van der Waals surface area (Å²) in [6, 6.07) is 0.535. The third kappa shape index (κ3) is 4.34. The second-order valence-electron chi connectivity index (χ2n) is 4.42. The Morgan fingerprint density at radius 2 is 2.29 bits per heavy atom. The molecule has 1 aliphatic carbocycles. The molecule has 0 aromatic carbocycles. The van der Waals surface area contributed by atoms with Crippen LogP contribution in [0, 0.1) is 0 Å². The molecule has 0 bridgehead atoms. The number of nitrogens with two attached hydrogens (primary N) is 1. The van der Waals surface area contributed by atoms with E-state index in [4.69, 9.17) is 5.73 Å². The smallest absolute Gasteiger partial charge is 0.188 e. The van der Waals surface area contributed by atoms with Crippen LogP contribution in [0.25, 0.3) is 0 Å². The van der Waals surface area contributed by atoms with Crippen LogP contribution in [0.1, 0.15) is 37.1 Å². The van der Waals surface area contributed by atoms with Gasteiger partial charge in [-0.3, -0.25) is 4.99 Å². The van der Waals surface area contributed by atoms with Crippen LogP contribution in [0.15, 0.2) is 16.6 Å². The molecular formula is C12H20N4S. The average molecular weight is 252 g/mol. The maximum absolute atomic E-state index is 5.87. The highest BCUT2D eigenvalue weighted by atomic mass is 32.1. The Bertz CT molecular complexity index is 341. The molecule has 0 spiro atoms. The van der Waals surface area contributed by atoms with Crippen molar-refractivity contribution in [2.75, 3.05) is 6.54 Å². The van der Waals surface area contributed by atoms with Crippen molar-refractivity contribution in [2.45, 2.75) is 44.6 Å². The van der Waals surface area contributed by atoms with Gasteiger partial charge in [-0.2, -0.15) is 0 Å². The fourth-order valence-corrected chi connectivity index (χ4v) is 2.76. The van der Waals surface area contributed by atoms with Crippen LogP contribution in [0.2, 0.25) is 0 Å². The Morgan fingerprint density at radius 1 is 1.47 bits per heavy atom. The third-order valence-corrected chi connectivity index (χ3v) is 3.89. The van der Waals surface area contributed by atoms with Gasteiger partial charge in [0.2, 0.25) is 0 Å². The molecule has 0 radical (unpaired) electrons. The number of nitrogens with zero attached hydrogens (tertiary/aromatic N) is 2. The maximum atomic E-state index is 5.87. The van der Waals surface area contributed by atoms with Crippen molar-refractivity contribution in [1.29, 1.82) is 0 Å². The summed E-state index contributed by atoms with van der Waals surface area (Å²) >= 11 is 1.67. The van der Waals surface area contributed by atoms with Gasteiger partial charge in [-0.15, -0.1) is 11.3 Å². The summed E-state index contributed by atoms with van der Waals surface area (Å²) in [6.45, 7) is 0.721. The first-order chi connectivity index (χ1) is 8.34. The molecule has 1 fully saturated rings. The van der Waals surface area contributed by atoms with Crippen molar-refractivity contribution in [2.24, 2.45) is 10.7 Å². The number of rotatable bonds is 4. The van der Waals surface area contributed by atoms with Gasteiger partial charge in [0.25, 0.3) is 0 Å². The summed E-state index contributed by atoms with van der Waals surface area (Å²) < 4.78 is 0. The molecule has 1 heterocycles. The van der Waals surface area contributed by atoms with Gasteiger partial charge in [-0.05, 0) is 12.8 Å². The fourth-order valence-electron chi connectivity index (χ4n) is 2.15. The maximum Gasteiger partial charge on any atom is 0.188 e. The number of thiazole rings is 1. The van der Waals surface area contributed by atoms with Crippen molar-refractivity contribution < 1.29 is 0 Å². The normalized spacial score (nSPS) is 18.2. The first-order valence-electron chi connectivity index (χ1n) is 6.29. The third-order valence-electron chi connectivity index (χ3n) is 3.05. The first kappa shape index (κ1) is 12.4. The molecule has 17 heavy (non-hydrogen) atoms. The second-order valence-corrected chi connectivity index (χ2v) is 5.40. The molecule has 1 aromatic heterocycles. The minimum Gasteiger partial charge on any atom is -0.370 e. The lowest BCUT2D eigenvalue weighted by Gasteiger charge is -2.23. The predicted molar refractivity (Wildman–Crippen MR) is 72.3 cm³/mol. The topological polar surface area (TPSA) is 63.3 Å². The summed E-state index contributed by atoms with van der Waals surface area (Å²) in [5.41, 5.74) is 5.87. The lowest BCUT2D eigenvalue weighted by Crippen LogP contribution is -2.41. The minimum absolute atomic E-state index is 0.535. The van der Waals surface area contributed by atoms with E-state index in [1.165, 1.54) is 32.1 Å². The molecule has 5 heteroatoms. The van der Waals surface area contributed by atoms with E-state index in [2.05, 4.69) is 15.3 Å². The number of nitrogens with one attached hydrogen (secondary N) is 1. The molecule has 4 nitrogen and oxygen atoms in total. The van der Waals surface area contributed by atoms with Crippen LogP contribution in [-0.4, -0.2) is 23.5 Å². The Balaban J connectivity index is 1.69. The van der Waals surface area contributed by atoms with E-state index in [9.17, 15) is 0 Å². The molecule has 0 aliphatic heterocycles. The van der Waals surface area contributed by atoms with Gasteiger partial charge in [0, 0.05) is 30.6 Å². The van der Waals surface area contributed by atoms with Gasteiger partial charge >= 0.3 is 0 Å². The van der Waals surface area contributed by atoms with Gasteiger partial charge in [0.1, 0.15) is 0 Å². The van der Waals surface area contributed by atoms with Crippen LogP contribution < -0.4 is 11.1 Å². The Morgan fingerprint density at radius 3 is 3.00 bits per heavy atom. The molecule has 1 aromatic rings. The average Bonchev–Trinajstić information content (AvgIpc) is 2.83. The van der Waals surface area contributed by atoms with Crippen molar-refractivity contribution >= 4 is 17.3 Å². The molecule has 0 unspecified atom stereocenters. The van der Waals surface area contributed by atoms with Crippen LogP contribution in [0.3, 0.4) is 0 Å². The van der Waals surface area contributed by atoms with Gasteiger partial charge in [0.05, 0.1) is 5.01 Å². The van der Waals surface area contributed by atoms with Gasteiger partial charge < -0.3 is 11.1 Å². The van der Waals surface area contributed by atoms with Gasteiger partial charge in [0.15, 0.2) is 5.96 Å². The van der Waals surface area contributed by atoms with Crippen molar-refractivity contribution in [3.63, 3.8) is 0 Å². The second kappa shape index (κ2) is 6.59. The molecule has 3 N–H and O–H groups in total. The molecule has 94 valence electrons. The molecule has 2 rings (SSSR count). The highest BCUT2D eigenvalue weighted by molar-refractivity contribution is 7.09. The Kier molecular flexibility index (Phi) is 4.79. The molecule has 1 aliphatic rings. The summed E-state index contributed by atoms with van der Waals surface area (Å²) in [5.74, 6) is 0.591. The molecular weight excluding hydrogens is 232 g/mol. The van der Waals surface area contributed by atoms with Crippen molar-refractivity contribution in [1.82, 2.24) is 10.3 Å². The van der Waals surface area contributed by atoms with Crippen LogP contribution in [-0.2, 0) is 6.42 Å². The highest BCUT2D eigenvalue weighted by Crippen LogP contribution is 2.16. The minimum atomic E-state index is 0.535. The molecule has 0 atom stereocenters. The summed E-state index contributed by atoms with van der Waals surface area (Å²) in [7, 11) is 0. The zero-order chi connectivity index (χ0) is 11.9.